The number of aromatic amines is 1. The number of hydrogen-bond acceptors (Lipinski definition) is 3. The van der Waals surface area contributed by atoms with E-state index in [4.69, 9.17) is 0 Å². The minimum absolute atomic E-state index is 0.0155. The Balaban J connectivity index is 1.81. The highest BCUT2D eigenvalue weighted by Gasteiger charge is 2.30. The summed E-state index contributed by atoms with van der Waals surface area (Å²) in [4.78, 5) is 25.3. The Morgan fingerprint density at radius 1 is 0.970 bits per heavy atom. The van der Waals surface area contributed by atoms with E-state index in [1.165, 1.54) is 4.68 Å². The molecular weight excluding hydrogens is 433 g/mol. The number of alkyl halides is 3. The molecule has 1 amide bonds. The molecule has 174 valence electrons. The number of benzene rings is 2. The van der Waals surface area contributed by atoms with Crippen LogP contribution in [0.15, 0.2) is 58.4 Å². The summed E-state index contributed by atoms with van der Waals surface area (Å²) in [5.74, 6) is -0.686. The van der Waals surface area contributed by atoms with Gasteiger partial charge in [0, 0.05) is 11.3 Å². The van der Waals surface area contributed by atoms with Crippen molar-refractivity contribution in [3.63, 3.8) is 0 Å². The molecule has 9 heteroatoms. The number of nitrogens with zero attached hydrogens (tertiary/aromatic N) is 2. The number of aromatic nitrogens is 2. The van der Waals surface area contributed by atoms with Crippen molar-refractivity contribution in [2.75, 3.05) is 0 Å². The molecule has 0 unspecified atom stereocenters. The average molecular weight is 458 g/mol. The maximum absolute atomic E-state index is 13.0. The Labute approximate surface area is 189 Å². The number of rotatable bonds is 4. The molecule has 2 N–H and O–H groups in total. The van der Waals surface area contributed by atoms with Crippen LogP contribution >= 0.6 is 0 Å². The van der Waals surface area contributed by atoms with Gasteiger partial charge in [-0.05, 0) is 61.2 Å². The van der Waals surface area contributed by atoms with Gasteiger partial charge in [0.15, 0.2) is 0 Å². The first-order chi connectivity index (χ1) is 15.3. The van der Waals surface area contributed by atoms with Crippen LogP contribution in [-0.2, 0) is 11.6 Å². The zero-order valence-corrected chi connectivity index (χ0v) is 19.0. The predicted octanol–water partition coefficient (Wildman–Crippen LogP) is 4.94. The van der Waals surface area contributed by atoms with E-state index in [2.05, 4.69) is 36.4 Å². The molecule has 1 heterocycles. The Morgan fingerprint density at radius 3 is 2.03 bits per heavy atom. The van der Waals surface area contributed by atoms with E-state index in [1.54, 1.807) is 13.8 Å². The third-order valence-corrected chi connectivity index (χ3v) is 5.22. The van der Waals surface area contributed by atoms with Crippen molar-refractivity contribution in [3.8, 4) is 5.69 Å². The Bertz CT molecular complexity index is 1240. The van der Waals surface area contributed by atoms with Crippen LogP contribution < -0.4 is 11.0 Å². The van der Waals surface area contributed by atoms with Crippen LogP contribution in [-0.4, -0.2) is 21.4 Å². The molecule has 0 bridgehead atoms. The zero-order valence-electron chi connectivity index (χ0n) is 19.0. The molecule has 0 saturated carbocycles. The van der Waals surface area contributed by atoms with Gasteiger partial charge in [0.25, 0.3) is 11.5 Å². The second-order valence-electron chi connectivity index (χ2n) is 8.76. The van der Waals surface area contributed by atoms with Gasteiger partial charge in [-0.3, -0.25) is 14.7 Å². The third kappa shape index (κ3) is 5.24. The molecule has 0 aliphatic heterocycles. The largest absolute Gasteiger partial charge is 0.416 e. The number of amides is 1. The number of carbonyl (C=O) groups excluding carboxylic acids is 1. The van der Waals surface area contributed by atoms with Crippen LogP contribution in [0.2, 0.25) is 0 Å². The topological polar surface area (TPSA) is 79.2 Å². The molecule has 33 heavy (non-hydrogen) atoms. The number of carbonyl (C=O) groups is 1. The summed E-state index contributed by atoms with van der Waals surface area (Å²) in [6, 6.07) is 11.4. The molecule has 2 aromatic carbocycles. The first-order valence-electron chi connectivity index (χ1n) is 10.2. The molecule has 3 aromatic rings. The SMILES string of the molecule is CC(=NNC(=O)c1ccc(C(F)(F)F)cc1)c1c(C)[nH]n(-c2ccc(C(C)(C)C)cc2)c1=O. The van der Waals surface area contributed by atoms with E-state index < -0.39 is 17.6 Å². The van der Waals surface area contributed by atoms with E-state index in [0.717, 1.165) is 29.8 Å². The molecular formula is C24H25F3N4O2. The van der Waals surface area contributed by atoms with Gasteiger partial charge in [-0.2, -0.15) is 18.3 Å². The predicted molar refractivity (Wildman–Crippen MR) is 121 cm³/mol. The highest BCUT2D eigenvalue weighted by molar-refractivity contribution is 6.01. The van der Waals surface area contributed by atoms with Crippen molar-refractivity contribution in [1.29, 1.82) is 0 Å². The normalized spacial score (nSPS) is 12.7. The standard InChI is InChI=1S/C24H25F3N4O2/c1-14(28-29-21(32)16-6-8-18(9-7-16)24(25,26)27)20-15(2)30-31(22(20)33)19-12-10-17(11-13-19)23(3,4)5/h6-13,30H,1-5H3,(H,29,32). The zero-order chi connectivity index (χ0) is 24.6. The molecule has 0 saturated heterocycles. The lowest BCUT2D eigenvalue weighted by atomic mass is 9.87. The smallest absolute Gasteiger partial charge is 0.295 e. The van der Waals surface area contributed by atoms with Gasteiger partial charge in [-0.15, -0.1) is 0 Å². The number of halogens is 3. The number of H-pyrrole nitrogens is 1. The fraction of sp³-hybridized carbons (Fsp3) is 0.292. The summed E-state index contributed by atoms with van der Waals surface area (Å²) in [5, 5.41) is 6.99. The lowest BCUT2D eigenvalue weighted by Crippen LogP contribution is -2.23. The average Bonchev–Trinajstić information content (AvgIpc) is 3.04. The van der Waals surface area contributed by atoms with Crippen molar-refractivity contribution < 1.29 is 18.0 Å². The monoisotopic (exact) mass is 458 g/mol. The molecule has 6 nitrogen and oxygen atoms in total. The van der Waals surface area contributed by atoms with Gasteiger partial charge in [-0.1, -0.05) is 32.9 Å². The van der Waals surface area contributed by atoms with Crippen molar-refractivity contribution >= 4 is 11.6 Å². The van der Waals surface area contributed by atoms with Crippen molar-refractivity contribution in [1.82, 2.24) is 15.2 Å². The molecule has 0 spiro atoms. The van der Waals surface area contributed by atoms with Gasteiger partial charge >= 0.3 is 6.18 Å². The van der Waals surface area contributed by atoms with E-state index in [0.29, 0.717) is 16.9 Å². The summed E-state index contributed by atoms with van der Waals surface area (Å²) < 4.78 is 39.4. The number of nitrogens with one attached hydrogen (secondary N) is 2. The van der Waals surface area contributed by atoms with Gasteiger partial charge < -0.3 is 0 Å². The van der Waals surface area contributed by atoms with Crippen LogP contribution in [0.3, 0.4) is 0 Å². The maximum atomic E-state index is 13.0. The number of hydrazone groups is 1. The molecule has 0 aliphatic rings. The van der Waals surface area contributed by atoms with Gasteiger partial charge in [-0.25, -0.2) is 10.1 Å². The number of hydrogen-bond donors (Lipinski definition) is 2. The van der Waals surface area contributed by atoms with Crippen molar-refractivity contribution in [2.45, 2.75) is 46.2 Å². The quantitative estimate of drug-likeness (QED) is 0.429. The highest BCUT2D eigenvalue weighted by atomic mass is 19.4. The minimum Gasteiger partial charge on any atom is -0.295 e. The van der Waals surface area contributed by atoms with Crippen LogP contribution in [0.25, 0.3) is 5.69 Å². The van der Waals surface area contributed by atoms with Crippen LogP contribution in [0.5, 0.6) is 0 Å². The first-order valence-corrected chi connectivity index (χ1v) is 10.2. The van der Waals surface area contributed by atoms with Gasteiger partial charge in [0.2, 0.25) is 0 Å². The fourth-order valence-electron chi connectivity index (χ4n) is 3.33. The minimum atomic E-state index is -4.48. The molecule has 0 fully saturated rings. The van der Waals surface area contributed by atoms with Gasteiger partial charge in [0.05, 0.1) is 22.5 Å². The summed E-state index contributed by atoms with van der Waals surface area (Å²) in [7, 11) is 0. The molecule has 3 rings (SSSR count). The Kier molecular flexibility index (Phi) is 6.35. The molecule has 0 aliphatic carbocycles. The summed E-state index contributed by atoms with van der Waals surface area (Å²) in [6.07, 6.45) is -4.48. The highest BCUT2D eigenvalue weighted by Crippen LogP contribution is 2.29. The molecule has 1 aromatic heterocycles. The van der Waals surface area contributed by atoms with Crippen LogP contribution in [0.4, 0.5) is 13.2 Å². The first kappa shape index (κ1) is 24.0. The molecule has 0 atom stereocenters. The van der Waals surface area contributed by atoms with Gasteiger partial charge in [0.1, 0.15) is 0 Å². The second-order valence-corrected chi connectivity index (χ2v) is 8.76. The third-order valence-electron chi connectivity index (χ3n) is 5.22. The van der Waals surface area contributed by atoms with E-state index in [-0.39, 0.29) is 22.2 Å². The summed E-state index contributed by atoms with van der Waals surface area (Å²) >= 11 is 0. The van der Waals surface area contributed by atoms with E-state index in [9.17, 15) is 22.8 Å². The Hall–Kier alpha value is -3.62. The maximum Gasteiger partial charge on any atom is 0.416 e. The molecule has 0 radical (unpaired) electrons. The lowest BCUT2D eigenvalue weighted by Gasteiger charge is -2.19. The summed E-state index contributed by atoms with van der Waals surface area (Å²) in [6.45, 7) is 9.59. The van der Waals surface area contributed by atoms with Crippen LogP contribution in [0, 0.1) is 6.92 Å². The fourth-order valence-corrected chi connectivity index (χ4v) is 3.33. The van der Waals surface area contributed by atoms with Crippen molar-refractivity contribution in [2.24, 2.45) is 5.10 Å². The lowest BCUT2D eigenvalue weighted by molar-refractivity contribution is -0.137. The Morgan fingerprint density at radius 2 is 1.52 bits per heavy atom. The van der Waals surface area contributed by atoms with E-state index >= 15 is 0 Å². The van der Waals surface area contributed by atoms with E-state index in [1.807, 2.05) is 24.3 Å². The summed E-state index contributed by atoms with van der Waals surface area (Å²) in [5.41, 5.74) is 4.01. The second kappa shape index (κ2) is 8.73. The number of aryl methyl sites for hydroxylation is 1. The van der Waals surface area contributed by atoms with Crippen molar-refractivity contribution in [3.05, 3.63) is 86.8 Å². The van der Waals surface area contributed by atoms with Crippen LogP contribution in [0.1, 0.15) is 60.4 Å².